The van der Waals surface area contributed by atoms with Gasteiger partial charge in [-0.05, 0) is 44.5 Å². The van der Waals surface area contributed by atoms with Gasteiger partial charge in [-0.3, -0.25) is 10.2 Å². The van der Waals surface area contributed by atoms with Crippen LogP contribution in [0.15, 0.2) is 60.8 Å². The van der Waals surface area contributed by atoms with Crippen molar-refractivity contribution < 1.29 is 5.21 Å². The van der Waals surface area contributed by atoms with Crippen LogP contribution >= 0.6 is 0 Å². The maximum atomic E-state index is 11.5. The van der Waals surface area contributed by atoms with E-state index in [1.54, 1.807) is 29.1 Å². The first-order valence-corrected chi connectivity index (χ1v) is 9.68. The molecule has 4 rings (SSSR count). The van der Waals surface area contributed by atoms with Gasteiger partial charge in [0.05, 0.1) is 22.8 Å². The molecule has 2 atom stereocenters. The summed E-state index contributed by atoms with van der Waals surface area (Å²) in [5, 5.41) is 29.1. The molecule has 0 spiro atoms. The molecule has 0 radical (unpaired) electrons. The second-order valence-corrected chi connectivity index (χ2v) is 7.29. The molecular weight excluding hydrogens is 366 g/mol. The summed E-state index contributed by atoms with van der Waals surface area (Å²) in [6, 6.07) is 13.1. The topological polar surface area (TPSA) is 89.3 Å². The highest BCUT2D eigenvalue weighted by Gasteiger charge is 2.26. The van der Waals surface area contributed by atoms with Gasteiger partial charge in [-0.2, -0.15) is 5.10 Å². The Kier molecular flexibility index (Phi) is 5.44. The molecule has 1 aliphatic rings. The van der Waals surface area contributed by atoms with E-state index >= 15 is 0 Å². The Morgan fingerprint density at radius 1 is 1.17 bits per heavy atom. The van der Waals surface area contributed by atoms with Gasteiger partial charge in [-0.1, -0.05) is 30.4 Å². The van der Waals surface area contributed by atoms with E-state index in [-0.39, 0.29) is 22.9 Å². The van der Waals surface area contributed by atoms with E-state index in [2.05, 4.69) is 27.6 Å². The number of hydrogen-bond donors (Lipinski definition) is 2. The van der Waals surface area contributed by atoms with Crippen LogP contribution in [-0.2, 0) is 6.54 Å². The zero-order valence-electron chi connectivity index (χ0n) is 16.5. The predicted octanol–water partition coefficient (Wildman–Crippen LogP) is 3.78. The van der Waals surface area contributed by atoms with Crippen LogP contribution in [0.2, 0.25) is 0 Å². The van der Waals surface area contributed by atoms with E-state index in [1.807, 2.05) is 38.1 Å². The summed E-state index contributed by atoms with van der Waals surface area (Å²) in [6.07, 6.45) is 7.16. The highest BCUT2D eigenvalue weighted by atomic mass is 16.8. The number of pyridine rings is 1. The molecule has 0 bridgehead atoms. The standard InChI is InChI=1S/C22H24N5O2/c1-15-22(16(2)26(25-15)20-8-3-4-9-21(20)27(28)29)17-10-11-18(13-17)24-14-19-7-5-6-12-23-19/h3-12,17-18,24,28H,13-14H2,1-2H3/q-1. The fraction of sp³-hybridized carbons (Fsp3) is 0.273. The summed E-state index contributed by atoms with van der Waals surface area (Å²) in [6.45, 7) is 4.71. The van der Waals surface area contributed by atoms with Gasteiger partial charge in [-0.15, -0.1) is 0 Å². The van der Waals surface area contributed by atoms with Crippen LogP contribution in [0.3, 0.4) is 0 Å². The molecule has 7 nitrogen and oxygen atoms in total. The van der Waals surface area contributed by atoms with Crippen LogP contribution in [0.25, 0.3) is 5.69 Å². The molecule has 0 saturated carbocycles. The Morgan fingerprint density at radius 3 is 2.72 bits per heavy atom. The Hall–Kier alpha value is -3.00. The lowest BCUT2D eigenvalue weighted by molar-refractivity contribution is 0.296. The van der Waals surface area contributed by atoms with Gasteiger partial charge < -0.3 is 15.8 Å². The molecule has 0 fully saturated rings. The number of aromatic nitrogens is 3. The maximum Gasteiger partial charge on any atom is 0.0895 e. The normalized spacial score (nSPS) is 18.3. The molecule has 7 heteroatoms. The average Bonchev–Trinajstić information content (AvgIpc) is 3.30. The number of anilines is 1. The van der Waals surface area contributed by atoms with Crippen molar-refractivity contribution in [1.29, 1.82) is 0 Å². The fourth-order valence-electron chi connectivity index (χ4n) is 4.03. The third kappa shape index (κ3) is 3.93. The summed E-state index contributed by atoms with van der Waals surface area (Å²) in [4.78, 5) is 4.35. The minimum atomic E-state index is -0.113. The summed E-state index contributed by atoms with van der Waals surface area (Å²) >= 11 is 0. The summed E-state index contributed by atoms with van der Waals surface area (Å²) in [7, 11) is 0. The summed E-state index contributed by atoms with van der Waals surface area (Å²) in [5.41, 5.74) is 4.80. The molecule has 2 heterocycles. The summed E-state index contributed by atoms with van der Waals surface area (Å²) < 4.78 is 1.74. The summed E-state index contributed by atoms with van der Waals surface area (Å²) in [5.74, 6) is 0.245. The number of allylic oxidation sites excluding steroid dienone is 1. The van der Waals surface area contributed by atoms with Crippen LogP contribution < -0.4 is 10.5 Å². The predicted molar refractivity (Wildman–Crippen MR) is 112 cm³/mol. The van der Waals surface area contributed by atoms with Crippen molar-refractivity contribution in [3.63, 3.8) is 0 Å². The SMILES string of the molecule is Cc1nn(-c2ccccc2N([O-])O)c(C)c1C1C=CC(NCc2ccccn2)C1. The van der Waals surface area contributed by atoms with Crippen molar-refractivity contribution in [3.8, 4) is 5.69 Å². The van der Waals surface area contributed by atoms with Crippen molar-refractivity contribution in [2.75, 3.05) is 5.23 Å². The van der Waals surface area contributed by atoms with Crippen molar-refractivity contribution in [2.45, 2.75) is 38.8 Å². The highest BCUT2D eigenvalue weighted by molar-refractivity contribution is 5.62. The van der Waals surface area contributed by atoms with E-state index in [4.69, 9.17) is 0 Å². The Balaban J connectivity index is 1.53. The van der Waals surface area contributed by atoms with Gasteiger partial charge >= 0.3 is 0 Å². The monoisotopic (exact) mass is 390 g/mol. The lowest BCUT2D eigenvalue weighted by Crippen LogP contribution is -2.25. The van der Waals surface area contributed by atoms with Crippen LogP contribution in [0.4, 0.5) is 5.69 Å². The van der Waals surface area contributed by atoms with Crippen molar-refractivity contribution in [1.82, 2.24) is 20.1 Å². The van der Waals surface area contributed by atoms with Crippen LogP contribution in [0.1, 0.15) is 35.0 Å². The van der Waals surface area contributed by atoms with Gasteiger partial charge in [-0.25, -0.2) is 4.68 Å². The fourth-order valence-corrected chi connectivity index (χ4v) is 4.03. The maximum absolute atomic E-state index is 11.5. The molecule has 2 unspecified atom stereocenters. The zero-order valence-corrected chi connectivity index (χ0v) is 16.5. The molecule has 2 N–H and O–H groups in total. The van der Waals surface area contributed by atoms with Gasteiger partial charge in [0.15, 0.2) is 0 Å². The van der Waals surface area contributed by atoms with E-state index in [0.717, 1.165) is 35.6 Å². The van der Waals surface area contributed by atoms with Gasteiger partial charge in [0.1, 0.15) is 0 Å². The van der Waals surface area contributed by atoms with Crippen LogP contribution in [0, 0.1) is 19.1 Å². The zero-order chi connectivity index (χ0) is 20.4. The van der Waals surface area contributed by atoms with Gasteiger partial charge in [0, 0.05) is 36.0 Å². The first-order valence-electron chi connectivity index (χ1n) is 9.68. The van der Waals surface area contributed by atoms with Gasteiger partial charge in [0.25, 0.3) is 0 Å². The van der Waals surface area contributed by atoms with Crippen LogP contribution in [0.5, 0.6) is 0 Å². The molecular formula is C22H24N5O2-. The number of nitrogens with zero attached hydrogens (tertiary/aromatic N) is 4. The number of nitrogens with one attached hydrogen (secondary N) is 1. The third-order valence-corrected chi connectivity index (χ3v) is 5.39. The van der Waals surface area contributed by atoms with E-state index in [0.29, 0.717) is 5.69 Å². The number of aryl methyl sites for hydroxylation is 1. The second-order valence-electron chi connectivity index (χ2n) is 7.29. The number of hydrogen-bond acceptors (Lipinski definition) is 6. The smallest absolute Gasteiger partial charge is 0.0895 e. The molecule has 0 aliphatic heterocycles. The quantitative estimate of drug-likeness (QED) is 0.492. The van der Waals surface area contributed by atoms with E-state index < -0.39 is 0 Å². The first-order chi connectivity index (χ1) is 14.0. The lowest BCUT2D eigenvalue weighted by atomic mass is 9.96. The molecule has 0 saturated heterocycles. The first kappa shape index (κ1) is 19.3. The minimum Gasteiger partial charge on any atom is -0.733 e. The highest BCUT2D eigenvalue weighted by Crippen LogP contribution is 2.35. The number of benzene rings is 1. The minimum absolute atomic E-state index is 0.113. The average molecular weight is 390 g/mol. The Morgan fingerprint density at radius 2 is 1.97 bits per heavy atom. The molecule has 0 amide bonds. The van der Waals surface area contributed by atoms with Crippen molar-refractivity contribution in [3.05, 3.63) is 88.7 Å². The van der Waals surface area contributed by atoms with Crippen molar-refractivity contribution >= 4 is 5.69 Å². The second kappa shape index (κ2) is 8.16. The molecule has 2 aromatic heterocycles. The number of rotatable bonds is 6. The largest absolute Gasteiger partial charge is 0.733 e. The van der Waals surface area contributed by atoms with E-state index in [9.17, 15) is 10.4 Å². The molecule has 1 aromatic carbocycles. The van der Waals surface area contributed by atoms with Gasteiger partial charge in [0.2, 0.25) is 0 Å². The molecule has 3 aromatic rings. The van der Waals surface area contributed by atoms with Crippen molar-refractivity contribution in [2.24, 2.45) is 0 Å². The molecule has 150 valence electrons. The lowest BCUT2D eigenvalue weighted by Gasteiger charge is -2.24. The third-order valence-electron chi connectivity index (χ3n) is 5.39. The molecule has 1 aliphatic carbocycles. The van der Waals surface area contributed by atoms with E-state index in [1.165, 1.54) is 0 Å². The Bertz CT molecular complexity index is 1010. The molecule has 29 heavy (non-hydrogen) atoms. The Labute approximate surface area is 169 Å². The van der Waals surface area contributed by atoms with Crippen LogP contribution in [-0.4, -0.2) is 26.0 Å². The number of para-hydroxylation sites is 2.